The highest BCUT2D eigenvalue weighted by molar-refractivity contribution is 6.05. The van der Waals surface area contributed by atoms with E-state index in [0.717, 1.165) is 54.0 Å². The number of fused-ring (bicyclic) bond motifs is 1. The fraction of sp³-hybridized carbons (Fsp3) is 0.500. The van der Waals surface area contributed by atoms with E-state index in [1.54, 1.807) is 13.3 Å². The SMILES string of the molecule is COc1ccc([C@H](CNC(=O)c2cc(C3CC3)nc3c2cnn3C(C)C)N2CCOCC2)cc1. The molecule has 1 N–H and O–H groups in total. The van der Waals surface area contributed by atoms with Crippen molar-refractivity contribution < 1.29 is 14.3 Å². The van der Waals surface area contributed by atoms with Crippen LogP contribution in [0.3, 0.4) is 0 Å². The molecule has 8 nitrogen and oxygen atoms in total. The molecule has 1 saturated carbocycles. The fourth-order valence-electron chi connectivity index (χ4n) is 4.65. The first-order valence-electron chi connectivity index (χ1n) is 12.2. The number of hydrogen-bond donors (Lipinski definition) is 1. The van der Waals surface area contributed by atoms with Gasteiger partial charge < -0.3 is 14.8 Å². The normalized spacial score (nSPS) is 17.8. The maximum absolute atomic E-state index is 13.5. The molecule has 3 aromatic rings. The van der Waals surface area contributed by atoms with Gasteiger partial charge in [-0.2, -0.15) is 5.10 Å². The molecule has 1 aliphatic carbocycles. The fourth-order valence-corrected chi connectivity index (χ4v) is 4.65. The van der Waals surface area contributed by atoms with Crippen molar-refractivity contribution in [2.75, 3.05) is 40.0 Å². The minimum absolute atomic E-state index is 0.0531. The third-order valence-electron chi connectivity index (χ3n) is 6.76. The van der Waals surface area contributed by atoms with Crippen LogP contribution >= 0.6 is 0 Å². The number of pyridine rings is 1. The average molecular weight is 464 g/mol. The topological polar surface area (TPSA) is 81.5 Å². The van der Waals surface area contributed by atoms with E-state index in [4.69, 9.17) is 14.5 Å². The second kappa shape index (κ2) is 9.72. The first kappa shape index (κ1) is 22.8. The largest absolute Gasteiger partial charge is 0.497 e. The van der Waals surface area contributed by atoms with E-state index in [0.29, 0.717) is 31.2 Å². The quantitative estimate of drug-likeness (QED) is 0.549. The first-order chi connectivity index (χ1) is 16.5. The molecule has 0 unspecified atom stereocenters. The Morgan fingerprint density at radius 1 is 1.21 bits per heavy atom. The second-order valence-corrected chi connectivity index (χ2v) is 9.44. The molecule has 8 heteroatoms. The minimum Gasteiger partial charge on any atom is -0.497 e. The molecule has 1 saturated heterocycles. The van der Waals surface area contributed by atoms with Crippen LogP contribution in [-0.2, 0) is 4.74 Å². The van der Waals surface area contributed by atoms with Crippen LogP contribution in [-0.4, -0.2) is 65.5 Å². The smallest absolute Gasteiger partial charge is 0.252 e. The van der Waals surface area contributed by atoms with Gasteiger partial charge in [0.25, 0.3) is 5.91 Å². The van der Waals surface area contributed by atoms with Crippen molar-refractivity contribution in [3.8, 4) is 5.75 Å². The number of aromatic nitrogens is 3. The number of amides is 1. The number of rotatable bonds is 8. The van der Waals surface area contributed by atoms with Crippen molar-refractivity contribution in [2.45, 2.75) is 44.7 Å². The number of morpholine rings is 1. The summed E-state index contributed by atoms with van der Waals surface area (Å²) >= 11 is 0. The molecule has 1 amide bonds. The molecule has 34 heavy (non-hydrogen) atoms. The van der Waals surface area contributed by atoms with E-state index in [1.807, 2.05) is 22.9 Å². The molecule has 3 heterocycles. The van der Waals surface area contributed by atoms with Crippen LogP contribution in [0, 0.1) is 0 Å². The summed E-state index contributed by atoms with van der Waals surface area (Å²) in [5, 5.41) is 8.56. The Balaban J connectivity index is 1.41. The zero-order valence-corrected chi connectivity index (χ0v) is 20.2. The average Bonchev–Trinajstić information content (AvgIpc) is 3.63. The standard InChI is InChI=1S/C26H33N5O3/c1-17(2)31-25-22(15-28-31)21(14-23(29-25)18-4-5-18)26(32)27-16-24(30-10-12-34-13-11-30)19-6-8-20(33-3)9-7-19/h6-9,14-15,17-18,24H,4-5,10-13,16H2,1-3H3,(H,27,32)/t24-/m0/s1. The van der Waals surface area contributed by atoms with E-state index >= 15 is 0 Å². The van der Waals surface area contributed by atoms with Crippen molar-refractivity contribution in [3.05, 3.63) is 53.3 Å². The number of hydrogen-bond acceptors (Lipinski definition) is 6. The summed E-state index contributed by atoms with van der Waals surface area (Å²) in [5.74, 6) is 1.19. The van der Waals surface area contributed by atoms with Gasteiger partial charge in [0, 0.05) is 37.3 Å². The van der Waals surface area contributed by atoms with Gasteiger partial charge >= 0.3 is 0 Å². The van der Waals surface area contributed by atoms with E-state index < -0.39 is 0 Å². The highest BCUT2D eigenvalue weighted by Gasteiger charge is 2.29. The Labute approximate surface area is 200 Å². The predicted molar refractivity (Wildman–Crippen MR) is 130 cm³/mol. The molecule has 2 fully saturated rings. The zero-order valence-electron chi connectivity index (χ0n) is 20.2. The lowest BCUT2D eigenvalue weighted by Crippen LogP contribution is -2.43. The van der Waals surface area contributed by atoms with Crippen LogP contribution in [0.4, 0.5) is 0 Å². The number of benzene rings is 1. The lowest BCUT2D eigenvalue weighted by molar-refractivity contribution is 0.0162. The molecule has 0 spiro atoms. The first-order valence-corrected chi connectivity index (χ1v) is 12.2. The third-order valence-corrected chi connectivity index (χ3v) is 6.76. The summed E-state index contributed by atoms with van der Waals surface area (Å²) in [6.45, 7) is 7.73. The van der Waals surface area contributed by atoms with Crippen LogP contribution in [0.25, 0.3) is 11.0 Å². The summed E-state index contributed by atoms with van der Waals surface area (Å²) in [7, 11) is 1.67. The Morgan fingerprint density at radius 2 is 1.94 bits per heavy atom. The van der Waals surface area contributed by atoms with Gasteiger partial charge in [-0.15, -0.1) is 0 Å². The van der Waals surface area contributed by atoms with Crippen LogP contribution in [0.2, 0.25) is 0 Å². The molecule has 1 aromatic carbocycles. The molecule has 180 valence electrons. The van der Waals surface area contributed by atoms with E-state index in [2.05, 4.69) is 41.3 Å². The van der Waals surface area contributed by atoms with Crippen molar-refractivity contribution >= 4 is 16.9 Å². The lowest BCUT2D eigenvalue weighted by atomic mass is 10.0. The summed E-state index contributed by atoms with van der Waals surface area (Å²) in [6, 6.07) is 10.3. The Kier molecular flexibility index (Phi) is 6.52. The highest BCUT2D eigenvalue weighted by atomic mass is 16.5. The maximum atomic E-state index is 13.5. The molecule has 2 aromatic heterocycles. The molecule has 1 aliphatic heterocycles. The molecule has 0 radical (unpaired) electrons. The number of nitrogens with zero attached hydrogens (tertiary/aromatic N) is 4. The molecule has 2 aliphatic rings. The van der Waals surface area contributed by atoms with Gasteiger partial charge in [-0.25, -0.2) is 9.67 Å². The molecular weight excluding hydrogens is 430 g/mol. The van der Waals surface area contributed by atoms with Gasteiger partial charge in [-0.3, -0.25) is 9.69 Å². The van der Waals surface area contributed by atoms with Gasteiger partial charge in [0.1, 0.15) is 5.75 Å². The summed E-state index contributed by atoms with van der Waals surface area (Å²) in [4.78, 5) is 20.8. The van der Waals surface area contributed by atoms with Gasteiger partial charge in [-0.1, -0.05) is 12.1 Å². The monoisotopic (exact) mass is 463 g/mol. The predicted octanol–water partition coefficient (Wildman–Crippen LogP) is 3.70. The van der Waals surface area contributed by atoms with Crippen LogP contribution in [0.15, 0.2) is 36.5 Å². The Bertz CT molecular complexity index is 1150. The molecular formula is C26H33N5O3. The Hall–Kier alpha value is -2.97. The van der Waals surface area contributed by atoms with Gasteiger partial charge in [0.15, 0.2) is 5.65 Å². The van der Waals surface area contributed by atoms with Gasteiger partial charge in [0.2, 0.25) is 0 Å². The van der Waals surface area contributed by atoms with Crippen molar-refractivity contribution in [2.24, 2.45) is 0 Å². The summed E-state index contributed by atoms with van der Waals surface area (Å²) in [5.41, 5.74) is 3.60. The van der Waals surface area contributed by atoms with E-state index in [-0.39, 0.29) is 18.0 Å². The second-order valence-electron chi connectivity index (χ2n) is 9.44. The van der Waals surface area contributed by atoms with Gasteiger partial charge in [-0.05, 0) is 50.5 Å². The van der Waals surface area contributed by atoms with Crippen molar-refractivity contribution in [3.63, 3.8) is 0 Å². The van der Waals surface area contributed by atoms with Crippen LogP contribution in [0.5, 0.6) is 5.75 Å². The number of ether oxygens (including phenoxy) is 2. The number of nitrogens with one attached hydrogen (secondary N) is 1. The van der Waals surface area contributed by atoms with Crippen molar-refractivity contribution in [1.29, 1.82) is 0 Å². The summed E-state index contributed by atoms with van der Waals surface area (Å²) < 4.78 is 12.8. The lowest BCUT2D eigenvalue weighted by Gasteiger charge is -2.35. The number of methoxy groups -OCH3 is 1. The third kappa shape index (κ3) is 4.65. The molecule has 1 atom stereocenters. The molecule has 5 rings (SSSR count). The van der Waals surface area contributed by atoms with Gasteiger partial charge in [0.05, 0.1) is 43.5 Å². The Morgan fingerprint density at radius 3 is 2.59 bits per heavy atom. The molecule has 0 bridgehead atoms. The summed E-state index contributed by atoms with van der Waals surface area (Å²) in [6.07, 6.45) is 4.04. The van der Waals surface area contributed by atoms with E-state index in [1.165, 1.54) is 0 Å². The highest BCUT2D eigenvalue weighted by Crippen LogP contribution is 2.40. The van der Waals surface area contributed by atoms with Crippen molar-refractivity contribution in [1.82, 2.24) is 25.0 Å². The number of carbonyl (C=O) groups is 1. The minimum atomic E-state index is -0.0793. The zero-order chi connectivity index (χ0) is 23.7. The maximum Gasteiger partial charge on any atom is 0.252 e. The van der Waals surface area contributed by atoms with Crippen LogP contribution in [0.1, 0.15) is 66.3 Å². The van der Waals surface area contributed by atoms with E-state index in [9.17, 15) is 4.79 Å². The van der Waals surface area contributed by atoms with Crippen LogP contribution < -0.4 is 10.1 Å². The number of carbonyl (C=O) groups excluding carboxylic acids is 1.